The maximum Gasteiger partial charge on any atom is 0.343 e. The number of ether oxygens (including phenoxy) is 2. The van der Waals surface area contributed by atoms with Gasteiger partial charge in [-0.3, -0.25) is 14.4 Å². The third-order valence-corrected chi connectivity index (χ3v) is 6.57. The molecule has 9 nitrogen and oxygen atoms in total. The minimum atomic E-state index is -0.783. The van der Waals surface area contributed by atoms with Crippen LogP contribution in [0.25, 0.3) is 6.08 Å². The van der Waals surface area contributed by atoms with E-state index >= 15 is 0 Å². The van der Waals surface area contributed by atoms with Gasteiger partial charge in [0.1, 0.15) is 17.1 Å². The van der Waals surface area contributed by atoms with Gasteiger partial charge in [-0.2, -0.15) is 0 Å². The van der Waals surface area contributed by atoms with Crippen LogP contribution >= 0.6 is 11.6 Å². The molecule has 1 N–H and O–H groups in total. The molecule has 4 aromatic carbocycles. The zero-order valence-electron chi connectivity index (χ0n) is 22.3. The van der Waals surface area contributed by atoms with Gasteiger partial charge in [0.2, 0.25) is 0 Å². The predicted molar refractivity (Wildman–Crippen MR) is 160 cm³/mol. The summed E-state index contributed by atoms with van der Waals surface area (Å²) in [5.41, 5.74) is 1.41. The number of amides is 5. The molecule has 0 unspecified atom stereocenters. The summed E-state index contributed by atoms with van der Waals surface area (Å²) in [4.78, 5) is 54.7. The number of carbonyl (C=O) groups excluding carboxylic acids is 4. The average Bonchev–Trinajstić information content (AvgIpc) is 3.00. The number of anilines is 3. The fraction of sp³-hybridized carbons (Fsp3) is 0.0625. The second kappa shape index (κ2) is 12.4. The number of imide groups is 2. The summed E-state index contributed by atoms with van der Waals surface area (Å²) in [7, 11) is 1.55. The van der Waals surface area contributed by atoms with Crippen molar-refractivity contribution in [3.05, 3.63) is 119 Å². The lowest BCUT2D eigenvalue weighted by Gasteiger charge is -2.33. The van der Waals surface area contributed by atoms with Crippen LogP contribution in [0, 0.1) is 0 Å². The van der Waals surface area contributed by atoms with E-state index in [1.165, 1.54) is 18.2 Å². The Kier molecular flexibility index (Phi) is 8.31. The van der Waals surface area contributed by atoms with E-state index in [1.54, 1.807) is 98.1 Å². The number of nitrogens with zero attached hydrogens (tertiary/aromatic N) is 2. The number of methoxy groups -OCH3 is 1. The molecule has 5 rings (SSSR count). The molecule has 1 aliphatic rings. The number of carbonyl (C=O) groups is 4. The molecule has 1 fully saturated rings. The Labute approximate surface area is 246 Å². The Morgan fingerprint density at radius 2 is 1.38 bits per heavy atom. The molecule has 0 radical (unpaired) electrons. The third-order valence-electron chi connectivity index (χ3n) is 6.28. The van der Waals surface area contributed by atoms with E-state index in [-0.39, 0.29) is 23.0 Å². The van der Waals surface area contributed by atoms with Crippen LogP contribution in [-0.2, 0) is 14.4 Å². The maximum absolute atomic E-state index is 13.5. The van der Waals surface area contributed by atoms with Crippen LogP contribution in [0.4, 0.5) is 21.9 Å². The largest absolute Gasteiger partial charge is 0.497 e. The molecule has 0 spiro atoms. The minimum absolute atomic E-state index is 0.160. The Balaban J connectivity index is 1.37. The summed E-state index contributed by atoms with van der Waals surface area (Å²) in [5.74, 6) is -1.04. The van der Waals surface area contributed by atoms with Crippen molar-refractivity contribution in [3.8, 4) is 11.5 Å². The standard InChI is InChI=1S/C32H24ClN3O6/c1-41-25-15-13-22(14-16-25)34-29(37)20-42-28-17-12-21(19-27(28)33)18-26-30(38)35(23-8-4-2-5-9-23)32(40)36(31(26)39)24-10-6-3-7-11-24/h2-19H,20H2,1H3,(H,34,37). The van der Waals surface area contributed by atoms with Crippen molar-refractivity contribution in [1.29, 1.82) is 0 Å². The van der Waals surface area contributed by atoms with E-state index in [0.717, 1.165) is 9.80 Å². The van der Waals surface area contributed by atoms with Crippen molar-refractivity contribution in [2.45, 2.75) is 0 Å². The number of halogens is 1. The fourth-order valence-corrected chi connectivity index (χ4v) is 4.49. The molecule has 210 valence electrons. The average molecular weight is 582 g/mol. The summed E-state index contributed by atoms with van der Waals surface area (Å²) in [6.45, 7) is -0.302. The molecule has 5 amide bonds. The SMILES string of the molecule is COc1ccc(NC(=O)COc2ccc(C=C3C(=O)N(c4ccccc4)C(=O)N(c4ccccc4)C3=O)cc2Cl)cc1. The van der Waals surface area contributed by atoms with Crippen molar-refractivity contribution in [2.24, 2.45) is 0 Å². The summed E-state index contributed by atoms with van der Waals surface area (Å²) in [6.07, 6.45) is 1.37. The van der Waals surface area contributed by atoms with Crippen LogP contribution in [0.15, 0.2) is 109 Å². The van der Waals surface area contributed by atoms with Crippen LogP contribution in [0.5, 0.6) is 11.5 Å². The number of nitrogens with one attached hydrogen (secondary N) is 1. The van der Waals surface area contributed by atoms with Crippen LogP contribution in [0.1, 0.15) is 5.56 Å². The van der Waals surface area contributed by atoms with Crippen molar-refractivity contribution in [1.82, 2.24) is 0 Å². The number of urea groups is 1. The van der Waals surface area contributed by atoms with Crippen LogP contribution in [0.2, 0.25) is 5.02 Å². The normalized spacial score (nSPS) is 13.2. The lowest BCUT2D eigenvalue weighted by Crippen LogP contribution is -2.57. The molecule has 0 aliphatic carbocycles. The zero-order chi connectivity index (χ0) is 29.6. The van der Waals surface area contributed by atoms with Crippen molar-refractivity contribution < 1.29 is 28.7 Å². The van der Waals surface area contributed by atoms with Gasteiger partial charge in [-0.1, -0.05) is 54.1 Å². The van der Waals surface area contributed by atoms with Crippen molar-refractivity contribution in [2.75, 3.05) is 28.8 Å². The number of para-hydroxylation sites is 2. The van der Waals surface area contributed by atoms with E-state index in [9.17, 15) is 19.2 Å². The molecule has 0 saturated carbocycles. The maximum atomic E-state index is 13.5. The Hall–Kier alpha value is -5.41. The molecule has 0 aromatic heterocycles. The molecule has 4 aromatic rings. The first-order chi connectivity index (χ1) is 20.4. The molecule has 42 heavy (non-hydrogen) atoms. The van der Waals surface area contributed by atoms with Gasteiger partial charge in [-0.15, -0.1) is 0 Å². The van der Waals surface area contributed by atoms with Crippen LogP contribution in [-0.4, -0.2) is 37.5 Å². The van der Waals surface area contributed by atoms with E-state index in [0.29, 0.717) is 28.4 Å². The third kappa shape index (κ3) is 6.01. The van der Waals surface area contributed by atoms with Crippen LogP contribution < -0.4 is 24.6 Å². The molecule has 0 atom stereocenters. The van der Waals surface area contributed by atoms with Gasteiger partial charge in [0, 0.05) is 5.69 Å². The topological polar surface area (TPSA) is 105 Å². The van der Waals surface area contributed by atoms with E-state index in [2.05, 4.69) is 5.32 Å². The number of hydrogen-bond donors (Lipinski definition) is 1. The van der Waals surface area contributed by atoms with Gasteiger partial charge in [0.15, 0.2) is 6.61 Å². The Morgan fingerprint density at radius 3 is 1.90 bits per heavy atom. The number of benzene rings is 4. The van der Waals surface area contributed by atoms with Gasteiger partial charge < -0.3 is 14.8 Å². The van der Waals surface area contributed by atoms with Crippen molar-refractivity contribution >= 4 is 58.5 Å². The first kappa shape index (κ1) is 28.1. The molecular weight excluding hydrogens is 558 g/mol. The zero-order valence-corrected chi connectivity index (χ0v) is 23.1. The van der Waals surface area contributed by atoms with E-state index in [4.69, 9.17) is 21.1 Å². The highest BCUT2D eigenvalue weighted by Gasteiger charge is 2.43. The van der Waals surface area contributed by atoms with Crippen LogP contribution in [0.3, 0.4) is 0 Å². The molecule has 1 aliphatic heterocycles. The predicted octanol–water partition coefficient (Wildman–Crippen LogP) is 5.95. The lowest BCUT2D eigenvalue weighted by atomic mass is 10.0. The molecule has 1 saturated heterocycles. The Bertz CT molecular complexity index is 1610. The summed E-state index contributed by atoms with van der Waals surface area (Å²) < 4.78 is 10.7. The number of hydrogen-bond acceptors (Lipinski definition) is 6. The smallest absolute Gasteiger partial charge is 0.343 e. The highest BCUT2D eigenvalue weighted by molar-refractivity contribution is 6.46. The second-order valence-corrected chi connectivity index (χ2v) is 9.46. The minimum Gasteiger partial charge on any atom is -0.497 e. The van der Waals surface area contributed by atoms with Gasteiger partial charge in [-0.25, -0.2) is 14.6 Å². The first-order valence-electron chi connectivity index (χ1n) is 12.8. The summed E-state index contributed by atoms with van der Waals surface area (Å²) in [6, 6.07) is 27.4. The van der Waals surface area contributed by atoms with E-state index < -0.39 is 23.8 Å². The van der Waals surface area contributed by atoms with Gasteiger partial charge in [0.25, 0.3) is 17.7 Å². The van der Waals surface area contributed by atoms with E-state index in [1.807, 2.05) is 0 Å². The summed E-state index contributed by atoms with van der Waals surface area (Å²) in [5, 5.41) is 2.87. The van der Waals surface area contributed by atoms with Gasteiger partial charge >= 0.3 is 6.03 Å². The highest BCUT2D eigenvalue weighted by Crippen LogP contribution is 2.31. The first-order valence-corrected chi connectivity index (χ1v) is 13.1. The fourth-order valence-electron chi connectivity index (χ4n) is 4.24. The second-order valence-electron chi connectivity index (χ2n) is 9.05. The van der Waals surface area contributed by atoms with Crippen molar-refractivity contribution in [3.63, 3.8) is 0 Å². The number of rotatable bonds is 8. The highest BCUT2D eigenvalue weighted by atomic mass is 35.5. The Morgan fingerprint density at radius 1 is 0.810 bits per heavy atom. The van der Waals surface area contributed by atoms with Gasteiger partial charge in [0.05, 0.1) is 23.5 Å². The number of barbiturate groups is 1. The molecule has 0 bridgehead atoms. The monoisotopic (exact) mass is 581 g/mol. The molecule has 10 heteroatoms. The van der Waals surface area contributed by atoms with Gasteiger partial charge in [-0.05, 0) is 72.3 Å². The lowest BCUT2D eigenvalue weighted by molar-refractivity contribution is -0.121. The quantitative estimate of drug-likeness (QED) is 0.204. The summed E-state index contributed by atoms with van der Waals surface area (Å²) >= 11 is 6.42. The molecule has 1 heterocycles. The molecular formula is C32H24ClN3O6.